The number of hydrogen-bond acceptors (Lipinski definition) is 8. The summed E-state index contributed by atoms with van der Waals surface area (Å²) in [7, 11) is -2.93. The molecule has 0 bridgehead atoms. The number of aromatic nitrogens is 4. The Morgan fingerprint density at radius 1 is 1.08 bits per heavy atom. The number of fused-ring (bicyclic) bond motifs is 3. The van der Waals surface area contributed by atoms with Gasteiger partial charge in [-0.3, -0.25) is 9.47 Å². The molecule has 7 rings (SSSR count). The number of benzene rings is 1. The van der Waals surface area contributed by atoms with Crippen LogP contribution in [0.15, 0.2) is 36.5 Å². The second-order valence-corrected chi connectivity index (χ2v) is 13.3. The van der Waals surface area contributed by atoms with Gasteiger partial charge in [-0.2, -0.15) is 5.26 Å². The molecule has 0 N–H and O–H groups in total. The molecule has 11 heteroatoms. The first-order chi connectivity index (χ1) is 17.3. The standard InChI is InChI=1S/C25H24ClN7O2S/c26-19-1-2-21-17(6-19)10-31(20-12-36(34,35)13-20)11-23-29-30-24(33(21)23)18-7-25(8-18)14-32(15-25)22-5-16(9-27)3-4-28-22/h1-6,18,20H,7-8,10-15H2. The average Bonchev–Trinajstić information content (AvgIpc) is 3.11. The normalized spacial score (nSPS) is 22.5. The highest BCUT2D eigenvalue weighted by Crippen LogP contribution is 2.56. The predicted molar refractivity (Wildman–Crippen MR) is 134 cm³/mol. The summed E-state index contributed by atoms with van der Waals surface area (Å²) in [6, 6.07) is 11.7. The SMILES string of the molecule is N#Cc1ccnc(N2CC3(CC(c4nnc5n4-c4ccc(Cl)cc4CN(C4CS(=O)(=O)C4)C5)C3)C2)c1. The zero-order chi connectivity index (χ0) is 24.7. The fourth-order valence-corrected chi connectivity index (χ4v) is 8.03. The molecule has 1 aliphatic carbocycles. The maximum absolute atomic E-state index is 11.8. The molecule has 5 heterocycles. The zero-order valence-electron chi connectivity index (χ0n) is 19.5. The van der Waals surface area contributed by atoms with Gasteiger partial charge in [0.2, 0.25) is 0 Å². The quantitative estimate of drug-likeness (QED) is 0.517. The van der Waals surface area contributed by atoms with Crippen molar-refractivity contribution in [1.29, 1.82) is 5.26 Å². The van der Waals surface area contributed by atoms with Crippen LogP contribution in [0, 0.1) is 16.7 Å². The van der Waals surface area contributed by atoms with Crippen molar-refractivity contribution in [2.45, 2.75) is 37.9 Å². The minimum absolute atomic E-state index is 0.00499. The van der Waals surface area contributed by atoms with Crippen molar-refractivity contribution in [3.8, 4) is 11.8 Å². The Hall–Kier alpha value is -3.00. The molecule has 0 atom stereocenters. The van der Waals surface area contributed by atoms with Gasteiger partial charge in [0, 0.05) is 48.2 Å². The first-order valence-electron chi connectivity index (χ1n) is 12.1. The molecule has 4 aliphatic rings. The molecule has 0 amide bonds. The third-order valence-corrected chi connectivity index (χ3v) is 10.2. The van der Waals surface area contributed by atoms with Crippen LogP contribution in [-0.4, -0.2) is 63.7 Å². The topological polar surface area (TPSA) is 108 Å². The van der Waals surface area contributed by atoms with Crippen LogP contribution >= 0.6 is 11.6 Å². The van der Waals surface area contributed by atoms with Gasteiger partial charge in [0.1, 0.15) is 11.6 Å². The summed E-state index contributed by atoms with van der Waals surface area (Å²) in [5.41, 5.74) is 2.99. The Labute approximate surface area is 214 Å². The van der Waals surface area contributed by atoms with E-state index in [1.165, 1.54) is 0 Å². The van der Waals surface area contributed by atoms with E-state index in [0.717, 1.165) is 54.6 Å². The molecule has 3 aromatic rings. The van der Waals surface area contributed by atoms with Gasteiger partial charge in [0.15, 0.2) is 15.7 Å². The molecule has 0 radical (unpaired) electrons. The van der Waals surface area contributed by atoms with E-state index in [2.05, 4.69) is 35.6 Å². The molecule has 3 fully saturated rings. The molecule has 1 spiro atoms. The molecular formula is C25H24ClN7O2S. The Bertz CT molecular complexity index is 1520. The third-order valence-electron chi connectivity index (χ3n) is 8.14. The molecule has 2 saturated heterocycles. The van der Waals surface area contributed by atoms with Crippen LogP contribution in [0.1, 0.15) is 41.5 Å². The second kappa shape index (κ2) is 7.75. The lowest BCUT2D eigenvalue weighted by atomic mass is 9.57. The summed E-state index contributed by atoms with van der Waals surface area (Å²) in [5, 5.41) is 19.1. The highest BCUT2D eigenvalue weighted by Gasteiger charge is 2.54. The van der Waals surface area contributed by atoms with Gasteiger partial charge in [-0.15, -0.1) is 10.2 Å². The fourth-order valence-electron chi connectivity index (χ4n) is 6.33. The highest BCUT2D eigenvalue weighted by atomic mass is 35.5. The maximum Gasteiger partial charge on any atom is 0.153 e. The number of rotatable bonds is 3. The van der Waals surface area contributed by atoms with Crippen LogP contribution in [0.5, 0.6) is 0 Å². The Kier molecular flexibility index (Phi) is 4.78. The van der Waals surface area contributed by atoms with Crippen molar-refractivity contribution in [2.75, 3.05) is 29.5 Å². The fraction of sp³-hybridized carbons (Fsp3) is 0.440. The number of halogens is 1. The van der Waals surface area contributed by atoms with Crippen molar-refractivity contribution < 1.29 is 8.42 Å². The first-order valence-corrected chi connectivity index (χ1v) is 14.3. The van der Waals surface area contributed by atoms with Crippen LogP contribution in [0.4, 0.5) is 5.82 Å². The Morgan fingerprint density at radius 2 is 1.89 bits per heavy atom. The van der Waals surface area contributed by atoms with E-state index in [0.29, 0.717) is 29.6 Å². The van der Waals surface area contributed by atoms with Gasteiger partial charge in [0.05, 0.1) is 35.4 Å². The number of nitriles is 1. The molecule has 9 nitrogen and oxygen atoms in total. The number of sulfone groups is 1. The third kappa shape index (κ3) is 3.52. The van der Waals surface area contributed by atoms with Crippen LogP contribution in [0.25, 0.3) is 5.69 Å². The number of pyridine rings is 1. The first kappa shape index (κ1) is 22.2. The van der Waals surface area contributed by atoms with Crippen molar-refractivity contribution in [3.05, 3.63) is 64.3 Å². The van der Waals surface area contributed by atoms with E-state index in [1.807, 2.05) is 24.3 Å². The van der Waals surface area contributed by atoms with E-state index in [4.69, 9.17) is 11.6 Å². The number of anilines is 1. The average molecular weight is 522 g/mol. The maximum atomic E-state index is 11.8. The van der Waals surface area contributed by atoms with E-state index in [9.17, 15) is 13.7 Å². The minimum Gasteiger partial charge on any atom is -0.355 e. The smallest absolute Gasteiger partial charge is 0.153 e. The monoisotopic (exact) mass is 521 g/mol. The molecule has 3 aliphatic heterocycles. The van der Waals surface area contributed by atoms with E-state index >= 15 is 0 Å². The highest BCUT2D eigenvalue weighted by molar-refractivity contribution is 7.92. The van der Waals surface area contributed by atoms with Crippen molar-refractivity contribution >= 4 is 27.3 Å². The van der Waals surface area contributed by atoms with Crippen LogP contribution < -0.4 is 4.90 Å². The lowest BCUT2D eigenvalue weighted by Crippen LogP contribution is -2.62. The zero-order valence-corrected chi connectivity index (χ0v) is 21.1. The van der Waals surface area contributed by atoms with Crippen molar-refractivity contribution in [2.24, 2.45) is 5.41 Å². The van der Waals surface area contributed by atoms with E-state index in [-0.39, 0.29) is 23.0 Å². The minimum atomic E-state index is -2.93. The summed E-state index contributed by atoms with van der Waals surface area (Å²) >= 11 is 6.36. The van der Waals surface area contributed by atoms with E-state index < -0.39 is 9.84 Å². The summed E-state index contributed by atoms with van der Waals surface area (Å²) in [6.45, 7) is 3.06. The molecule has 0 unspecified atom stereocenters. The lowest BCUT2D eigenvalue weighted by molar-refractivity contribution is 0.0581. The van der Waals surface area contributed by atoms with Crippen molar-refractivity contribution in [3.63, 3.8) is 0 Å². The van der Waals surface area contributed by atoms with Gasteiger partial charge < -0.3 is 4.90 Å². The second-order valence-electron chi connectivity index (χ2n) is 10.7. The number of hydrogen-bond donors (Lipinski definition) is 0. The van der Waals surface area contributed by atoms with Gasteiger partial charge in [-0.25, -0.2) is 13.4 Å². The van der Waals surface area contributed by atoms with Gasteiger partial charge >= 0.3 is 0 Å². The summed E-state index contributed by atoms with van der Waals surface area (Å²) in [4.78, 5) is 8.88. The Morgan fingerprint density at radius 3 is 2.64 bits per heavy atom. The van der Waals surface area contributed by atoms with Gasteiger partial charge in [-0.05, 0) is 48.7 Å². The summed E-state index contributed by atoms with van der Waals surface area (Å²) < 4.78 is 25.9. The van der Waals surface area contributed by atoms with Crippen molar-refractivity contribution in [1.82, 2.24) is 24.6 Å². The van der Waals surface area contributed by atoms with E-state index in [1.54, 1.807) is 12.3 Å². The summed E-state index contributed by atoms with van der Waals surface area (Å²) in [6.07, 6.45) is 3.76. The predicted octanol–water partition coefficient (Wildman–Crippen LogP) is 2.68. The molecule has 2 aromatic heterocycles. The van der Waals surface area contributed by atoms with Crippen LogP contribution in [-0.2, 0) is 22.9 Å². The van der Waals surface area contributed by atoms with Gasteiger partial charge in [0.25, 0.3) is 0 Å². The molecule has 1 saturated carbocycles. The molecule has 184 valence electrons. The lowest BCUT2D eigenvalue weighted by Gasteiger charge is -2.59. The summed E-state index contributed by atoms with van der Waals surface area (Å²) in [5.74, 6) is 3.39. The molecule has 1 aromatic carbocycles. The Balaban J connectivity index is 1.13. The number of nitrogens with zero attached hydrogens (tertiary/aromatic N) is 7. The van der Waals surface area contributed by atoms with Crippen LogP contribution in [0.3, 0.4) is 0 Å². The molecule has 36 heavy (non-hydrogen) atoms. The van der Waals surface area contributed by atoms with Crippen LogP contribution in [0.2, 0.25) is 5.02 Å². The largest absolute Gasteiger partial charge is 0.355 e. The van der Waals surface area contributed by atoms with Gasteiger partial charge in [-0.1, -0.05) is 11.6 Å². The molecular weight excluding hydrogens is 498 g/mol.